The van der Waals surface area contributed by atoms with Crippen molar-refractivity contribution in [3.05, 3.63) is 65.1 Å². The quantitative estimate of drug-likeness (QED) is 0.687. The highest BCUT2D eigenvalue weighted by Crippen LogP contribution is 2.20. The summed E-state index contributed by atoms with van der Waals surface area (Å²) in [5, 5.41) is 8.53. The molecule has 1 amide bonds. The van der Waals surface area contributed by atoms with Crippen LogP contribution in [0.3, 0.4) is 0 Å². The van der Waals surface area contributed by atoms with Crippen LogP contribution in [0, 0.1) is 20.8 Å². The molecular weight excluding hydrogens is 364 g/mol. The third kappa shape index (κ3) is 4.08. The lowest BCUT2D eigenvalue weighted by atomic mass is 10.1. The second kappa shape index (κ2) is 7.95. The number of hydrogen-bond donors (Lipinski definition) is 0. The summed E-state index contributed by atoms with van der Waals surface area (Å²) in [6.45, 7) is 8.46. The summed E-state index contributed by atoms with van der Waals surface area (Å²) in [6.07, 6.45) is 0. The Labute approximate surface area is 170 Å². The summed E-state index contributed by atoms with van der Waals surface area (Å²) < 4.78 is 0. The molecule has 1 aromatic carbocycles. The van der Waals surface area contributed by atoms with Crippen molar-refractivity contribution in [1.82, 2.24) is 25.1 Å². The Balaban J connectivity index is 1.46. The second-order valence-electron chi connectivity index (χ2n) is 7.36. The predicted molar refractivity (Wildman–Crippen MR) is 112 cm³/mol. The van der Waals surface area contributed by atoms with Crippen molar-refractivity contribution in [3.8, 4) is 11.3 Å². The lowest BCUT2D eigenvalue weighted by Gasteiger charge is -2.34. The molecule has 2 aromatic heterocycles. The molecule has 1 aliphatic heterocycles. The van der Waals surface area contributed by atoms with Crippen LogP contribution in [0.25, 0.3) is 11.3 Å². The number of anilines is 1. The molecular formula is C22H24N6O. The van der Waals surface area contributed by atoms with Crippen molar-refractivity contribution < 1.29 is 4.79 Å². The zero-order valence-corrected chi connectivity index (χ0v) is 17.0. The average molecular weight is 388 g/mol. The molecule has 0 saturated carbocycles. The summed E-state index contributed by atoms with van der Waals surface area (Å²) in [4.78, 5) is 26.0. The zero-order chi connectivity index (χ0) is 20.4. The van der Waals surface area contributed by atoms with Gasteiger partial charge in [-0.15, -0.1) is 10.2 Å². The summed E-state index contributed by atoms with van der Waals surface area (Å²) in [6, 6.07) is 13.7. The number of hydrogen-bond acceptors (Lipinski definition) is 6. The Kier molecular flexibility index (Phi) is 5.20. The smallest absolute Gasteiger partial charge is 0.274 e. The molecule has 29 heavy (non-hydrogen) atoms. The SMILES string of the molecule is Cc1cc(C)nc(N2CCN(C(=O)c3nnc(-c4ccccc4)cc3C)CC2)n1. The van der Waals surface area contributed by atoms with E-state index in [1.54, 1.807) is 0 Å². The van der Waals surface area contributed by atoms with E-state index in [2.05, 4.69) is 25.1 Å². The van der Waals surface area contributed by atoms with Gasteiger partial charge in [-0.25, -0.2) is 9.97 Å². The van der Waals surface area contributed by atoms with E-state index in [0.717, 1.165) is 34.2 Å². The number of piperazine rings is 1. The topological polar surface area (TPSA) is 75.1 Å². The van der Waals surface area contributed by atoms with Crippen LogP contribution >= 0.6 is 0 Å². The Morgan fingerprint density at radius 3 is 2.14 bits per heavy atom. The number of carbonyl (C=O) groups excluding carboxylic acids is 1. The highest BCUT2D eigenvalue weighted by molar-refractivity contribution is 5.94. The number of nitrogens with zero attached hydrogens (tertiary/aromatic N) is 6. The van der Waals surface area contributed by atoms with Gasteiger partial charge in [-0.1, -0.05) is 30.3 Å². The number of aryl methyl sites for hydroxylation is 3. The zero-order valence-electron chi connectivity index (χ0n) is 17.0. The van der Waals surface area contributed by atoms with E-state index in [9.17, 15) is 4.79 Å². The molecule has 0 atom stereocenters. The largest absolute Gasteiger partial charge is 0.337 e. The van der Waals surface area contributed by atoms with Crippen molar-refractivity contribution in [2.75, 3.05) is 31.1 Å². The van der Waals surface area contributed by atoms with E-state index >= 15 is 0 Å². The summed E-state index contributed by atoms with van der Waals surface area (Å²) in [5.41, 5.74) is 4.93. The normalized spacial score (nSPS) is 14.2. The molecule has 1 fully saturated rings. The minimum absolute atomic E-state index is 0.0735. The van der Waals surface area contributed by atoms with Gasteiger partial charge in [0.1, 0.15) is 0 Å². The first kappa shape index (κ1) is 19.0. The molecule has 0 N–H and O–H groups in total. The fourth-order valence-electron chi connectivity index (χ4n) is 3.55. The first-order valence-electron chi connectivity index (χ1n) is 9.77. The molecule has 148 valence electrons. The number of amides is 1. The molecule has 0 bridgehead atoms. The lowest BCUT2D eigenvalue weighted by molar-refractivity contribution is 0.0738. The van der Waals surface area contributed by atoms with E-state index in [0.29, 0.717) is 31.9 Å². The van der Waals surface area contributed by atoms with Gasteiger partial charge >= 0.3 is 0 Å². The van der Waals surface area contributed by atoms with E-state index < -0.39 is 0 Å². The lowest BCUT2D eigenvalue weighted by Crippen LogP contribution is -2.49. The maximum atomic E-state index is 13.0. The fraction of sp³-hybridized carbons (Fsp3) is 0.318. The molecule has 7 nitrogen and oxygen atoms in total. The van der Waals surface area contributed by atoms with Gasteiger partial charge in [-0.3, -0.25) is 4.79 Å². The van der Waals surface area contributed by atoms with Gasteiger partial charge in [0.15, 0.2) is 5.69 Å². The third-order valence-electron chi connectivity index (χ3n) is 5.08. The molecule has 0 radical (unpaired) electrons. The fourth-order valence-corrected chi connectivity index (χ4v) is 3.55. The van der Waals surface area contributed by atoms with Gasteiger partial charge in [-0.05, 0) is 38.5 Å². The van der Waals surface area contributed by atoms with Gasteiger partial charge in [0.25, 0.3) is 5.91 Å². The summed E-state index contributed by atoms with van der Waals surface area (Å²) in [7, 11) is 0. The van der Waals surface area contributed by atoms with Crippen LogP contribution in [0.15, 0.2) is 42.5 Å². The van der Waals surface area contributed by atoms with Gasteiger partial charge in [0.2, 0.25) is 5.95 Å². The molecule has 3 heterocycles. The van der Waals surface area contributed by atoms with Gasteiger partial charge in [0.05, 0.1) is 5.69 Å². The van der Waals surface area contributed by atoms with Crippen LogP contribution < -0.4 is 4.90 Å². The molecule has 0 unspecified atom stereocenters. The first-order valence-corrected chi connectivity index (χ1v) is 9.77. The van der Waals surface area contributed by atoms with Gasteiger partial charge in [0, 0.05) is 43.1 Å². The van der Waals surface area contributed by atoms with E-state index in [1.807, 2.05) is 68.1 Å². The Hall–Kier alpha value is -3.35. The van der Waals surface area contributed by atoms with Crippen molar-refractivity contribution in [2.45, 2.75) is 20.8 Å². The molecule has 3 aromatic rings. The van der Waals surface area contributed by atoms with Crippen LogP contribution in [0.4, 0.5) is 5.95 Å². The monoisotopic (exact) mass is 388 g/mol. The molecule has 7 heteroatoms. The van der Waals surface area contributed by atoms with Gasteiger partial charge in [-0.2, -0.15) is 0 Å². The molecule has 1 saturated heterocycles. The van der Waals surface area contributed by atoms with Gasteiger partial charge < -0.3 is 9.80 Å². The summed E-state index contributed by atoms with van der Waals surface area (Å²) >= 11 is 0. The third-order valence-corrected chi connectivity index (χ3v) is 5.08. The van der Waals surface area contributed by atoms with Crippen LogP contribution in [0.1, 0.15) is 27.4 Å². The maximum Gasteiger partial charge on any atom is 0.274 e. The second-order valence-corrected chi connectivity index (χ2v) is 7.36. The minimum atomic E-state index is -0.0735. The number of benzene rings is 1. The van der Waals surface area contributed by atoms with Crippen molar-refractivity contribution >= 4 is 11.9 Å². The van der Waals surface area contributed by atoms with Crippen molar-refractivity contribution in [2.24, 2.45) is 0 Å². The number of rotatable bonds is 3. The van der Waals surface area contributed by atoms with Crippen LogP contribution in [-0.4, -0.2) is 57.2 Å². The predicted octanol–water partition coefficient (Wildman–Crippen LogP) is 2.82. The Bertz CT molecular complexity index is 1010. The van der Waals surface area contributed by atoms with Crippen LogP contribution in [0.5, 0.6) is 0 Å². The Morgan fingerprint density at radius 2 is 1.52 bits per heavy atom. The summed E-state index contributed by atoms with van der Waals surface area (Å²) in [5.74, 6) is 0.661. The van der Waals surface area contributed by atoms with E-state index in [-0.39, 0.29) is 5.91 Å². The standard InChI is InChI=1S/C22H24N6O/c1-15-13-19(18-7-5-4-6-8-18)25-26-20(15)21(29)27-9-11-28(12-10-27)22-23-16(2)14-17(3)24-22/h4-8,13-14H,9-12H2,1-3H3. The number of carbonyl (C=O) groups is 1. The van der Waals surface area contributed by atoms with E-state index in [4.69, 9.17) is 0 Å². The molecule has 4 rings (SSSR count). The van der Waals surface area contributed by atoms with Crippen LogP contribution in [-0.2, 0) is 0 Å². The Morgan fingerprint density at radius 1 is 0.862 bits per heavy atom. The molecule has 1 aliphatic rings. The van der Waals surface area contributed by atoms with E-state index in [1.165, 1.54) is 0 Å². The average Bonchev–Trinajstić information content (AvgIpc) is 2.73. The van der Waals surface area contributed by atoms with Crippen molar-refractivity contribution in [3.63, 3.8) is 0 Å². The van der Waals surface area contributed by atoms with Crippen molar-refractivity contribution in [1.29, 1.82) is 0 Å². The number of aromatic nitrogens is 4. The highest BCUT2D eigenvalue weighted by Gasteiger charge is 2.26. The molecule has 0 aliphatic carbocycles. The molecule has 0 spiro atoms. The first-order chi connectivity index (χ1) is 14.0. The highest BCUT2D eigenvalue weighted by atomic mass is 16.2. The minimum Gasteiger partial charge on any atom is -0.337 e. The van der Waals surface area contributed by atoms with Crippen LogP contribution in [0.2, 0.25) is 0 Å². The maximum absolute atomic E-state index is 13.0.